The predicted octanol–water partition coefficient (Wildman–Crippen LogP) is 4.12. The average Bonchev–Trinajstić information content (AvgIpc) is 3.53. The van der Waals surface area contributed by atoms with Gasteiger partial charge in [0.25, 0.3) is 5.91 Å². The van der Waals surface area contributed by atoms with Crippen LogP contribution in [-0.2, 0) is 30.3 Å². The van der Waals surface area contributed by atoms with Crippen molar-refractivity contribution in [3.63, 3.8) is 0 Å². The lowest BCUT2D eigenvalue weighted by molar-refractivity contribution is -0.160. The van der Waals surface area contributed by atoms with E-state index in [1.54, 1.807) is 6.07 Å². The number of imide groups is 1. The first-order valence-electron chi connectivity index (χ1n) is 11.7. The number of hydrogen-bond acceptors (Lipinski definition) is 5. The van der Waals surface area contributed by atoms with Gasteiger partial charge in [-0.25, -0.2) is 4.79 Å². The Morgan fingerprint density at radius 1 is 0.971 bits per heavy atom. The van der Waals surface area contributed by atoms with E-state index in [1.807, 2.05) is 30.3 Å². The number of carbonyl (C=O) groups excluding carboxylic acids is 4. The fourth-order valence-corrected chi connectivity index (χ4v) is 6.16. The molecule has 0 spiro atoms. The average molecular weight is 515 g/mol. The van der Waals surface area contributed by atoms with E-state index in [9.17, 15) is 19.2 Å². The van der Waals surface area contributed by atoms with Crippen molar-refractivity contribution in [1.82, 2.24) is 4.90 Å². The molecule has 35 heavy (non-hydrogen) atoms. The molecule has 1 aliphatic heterocycles. The SMILES string of the molecule is O=C(COC(=O)[C@H](Cc1ccccc1)N1C(=O)[C@@H]2[C@H]3CC[C@@H](C3)[C@@H]2C1=O)Nc1ccc(Cl)c(Cl)c1. The molecule has 2 saturated carbocycles. The number of rotatable bonds is 7. The molecule has 2 aromatic carbocycles. The number of ether oxygens (including phenoxy) is 1. The van der Waals surface area contributed by atoms with Crippen LogP contribution in [-0.4, -0.2) is 41.2 Å². The summed E-state index contributed by atoms with van der Waals surface area (Å²) in [5.74, 6) is -2.21. The van der Waals surface area contributed by atoms with Crippen LogP contribution in [0.3, 0.4) is 0 Å². The number of fused-ring (bicyclic) bond motifs is 5. The molecule has 2 aliphatic carbocycles. The molecule has 0 aromatic heterocycles. The van der Waals surface area contributed by atoms with E-state index in [2.05, 4.69) is 5.32 Å². The van der Waals surface area contributed by atoms with Crippen LogP contribution < -0.4 is 5.32 Å². The Labute approximate surface area is 212 Å². The third kappa shape index (κ3) is 4.55. The summed E-state index contributed by atoms with van der Waals surface area (Å²) < 4.78 is 5.31. The highest BCUT2D eigenvalue weighted by molar-refractivity contribution is 6.42. The van der Waals surface area contributed by atoms with Crippen molar-refractivity contribution in [3.05, 3.63) is 64.1 Å². The minimum Gasteiger partial charge on any atom is -0.454 e. The second-order valence-electron chi connectivity index (χ2n) is 9.42. The maximum atomic E-state index is 13.4. The Hall–Kier alpha value is -2.90. The molecule has 2 aromatic rings. The maximum Gasteiger partial charge on any atom is 0.330 e. The van der Waals surface area contributed by atoms with Gasteiger partial charge < -0.3 is 10.1 Å². The van der Waals surface area contributed by atoms with Crippen LogP contribution in [0.1, 0.15) is 24.8 Å². The van der Waals surface area contributed by atoms with Gasteiger partial charge in [0, 0.05) is 12.1 Å². The van der Waals surface area contributed by atoms with Crippen molar-refractivity contribution in [1.29, 1.82) is 0 Å². The summed E-state index contributed by atoms with van der Waals surface area (Å²) in [5.41, 5.74) is 1.19. The van der Waals surface area contributed by atoms with E-state index < -0.39 is 24.5 Å². The van der Waals surface area contributed by atoms with Crippen LogP contribution in [0, 0.1) is 23.7 Å². The zero-order valence-corrected chi connectivity index (χ0v) is 20.3. The highest BCUT2D eigenvalue weighted by Crippen LogP contribution is 2.56. The van der Waals surface area contributed by atoms with Crippen LogP contribution in [0.2, 0.25) is 10.0 Å². The number of anilines is 1. The molecular formula is C26H24Cl2N2O5. The summed E-state index contributed by atoms with van der Waals surface area (Å²) in [5, 5.41) is 3.21. The van der Waals surface area contributed by atoms with Gasteiger partial charge in [-0.05, 0) is 54.9 Å². The predicted molar refractivity (Wildman–Crippen MR) is 130 cm³/mol. The Balaban J connectivity index is 1.31. The highest BCUT2D eigenvalue weighted by atomic mass is 35.5. The molecule has 3 fully saturated rings. The molecule has 9 heteroatoms. The fourth-order valence-electron chi connectivity index (χ4n) is 5.86. The Morgan fingerprint density at radius 2 is 1.63 bits per heavy atom. The van der Waals surface area contributed by atoms with Crippen molar-refractivity contribution >= 4 is 52.6 Å². The van der Waals surface area contributed by atoms with Crippen LogP contribution in [0.4, 0.5) is 5.69 Å². The Kier molecular flexibility index (Phi) is 6.55. The van der Waals surface area contributed by atoms with E-state index in [0.717, 1.165) is 29.7 Å². The summed E-state index contributed by atoms with van der Waals surface area (Å²) in [4.78, 5) is 53.4. The minimum atomic E-state index is -1.12. The second-order valence-corrected chi connectivity index (χ2v) is 10.2. The summed E-state index contributed by atoms with van der Waals surface area (Å²) in [6.07, 6.45) is 2.92. The third-order valence-electron chi connectivity index (χ3n) is 7.37. The molecule has 7 nitrogen and oxygen atoms in total. The van der Waals surface area contributed by atoms with Gasteiger partial charge in [-0.3, -0.25) is 19.3 Å². The van der Waals surface area contributed by atoms with Crippen molar-refractivity contribution in [2.45, 2.75) is 31.7 Å². The standard InChI is InChI=1S/C26H24Cl2N2O5/c27-18-9-8-17(12-19(18)28)29-21(31)13-35-26(34)20(10-14-4-2-1-3-5-14)30-24(32)22-15-6-7-16(11-15)23(22)25(30)33/h1-5,8-9,12,15-16,20,22-23H,6-7,10-11,13H2,(H,29,31)/t15-,16-,20-,22-,23+/m0/s1. The van der Waals surface area contributed by atoms with Gasteiger partial charge >= 0.3 is 5.97 Å². The number of nitrogens with zero attached hydrogens (tertiary/aromatic N) is 1. The van der Waals surface area contributed by atoms with Crippen LogP contribution in [0.25, 0.3) is 0 Å². The molecule has 1 heterocycles. The molecule has 5 atom stereocenters. The second kappa shape index (κ2) is 9.63. The molecule has 3 amide bonds. The minimum absolute atomic E-state index is 0.125. The zero-order valence-electron chi connectivity index (χ0n) is 18.8. The number of benzene rings is 2. The molecule has 0 radical (unpaired) electrons. The Bertz CT molecular complexity index is 1160. The number of hydrogen-bond donors (Lipinski definition) is 1. The quantitative estimate of drug-likeness (QED) is 0.443. The summed E-state index contributed by atoms with van der Waals surface area (Å²) in [7, 11) is 0. The molecule has 0 unspecified atom stereocenters. The normalized spacial score (nSPS) is 25.5. The highest BCUT2D eigenvalue weighted by Gasteiger charge is 2.62. The van der Waals surface area contributed by atoms with Crippen molar-refractivity contribution in [2.75, 3.05) is 11.9 Å². The lowest BCUT2D eigenvalue weighted by Crippen LogP contribution is -2.48. The third-order valence-corrected chi connectivity index (χ3v) is 8.11. The molecule has 1 saturated heterocycles. The van der Waals surface area contributed by atoms with Crippen molar-refractivity contribution in [3.8, 4) is 0 Å². The lowest BCUT2D eigenvalue weighted by Gasteiger charge is -2.26. The van der Waals surface area contributed by atoms with E-state index in [0.29, 0.717) is 10.7 Å². The fraction of sp³-hybridized carbons (Fsp3) is 0.385. The van der Waals surface area contributed by atoms with Gasteiger partial charge in [0.15, 0.2) is 6.61 Å². The monoisotopic (exact) mass is 514 g/mol. The van der Waals surface area contributed by atoms with Gasteiger partial charge in [0.1, 0.15) is 6.04 Å². The van der Waals surface area contributed by atoms with E-state index in [1.165, 1.54) is 12.1 Å². The largest absolute Gasteiger partial charge is 0.454 e. The van der Waals surface area contributed by atoms with Gasteiger partial charge in [-0.2, -0.15) is 0 Å². The lowest BCUT2D eigenvalue weighted by atomic mass is 9.81. The molecule has 182 valence electrons. The first-order valence-corrected chi connectivity index (χ1v) is 12.4. The van der Waals surface area contributed by atoms with Crippen LogP contribution in [0.15, 0.2) is 48.5 Å². The van der Waals surface area contributed by atoms with Crippen LogP contribution in [0.5, 0.6) is 0 Å². The number of amides is 3. The van der Waals surface area contributed by atoms with Gasteiger partial charge in [0.05, 0.1) is 21.9 Å². The summed E-state index contributed by atoms with van der Waals surface area (Å²) in [6, 6.07) is 12.6. The van der Waals surface area contributed by atoms with Crippen molar-refractivity contribution < 1.29 is 23.9 Å². The molecular weight excluding hydrogens is 491 g/mol. The van der Waals surface area contributed by atoms with Gasteiger partial charge in [0.2, 0.25) is 11.8 Å². The first-order chi connectivity index (χ1) is 16.8. The smallest absolute Gasteiger partial charge is 0.330 e. The number of esters is 1. The molecule has 5 rings (SSSR count). The van der Waals surface area contributed by atoms with Crippen molar-refractivity contribution in [2.24, 2.45) is 23.7 Å². The number of nitrogens with one attached hydrogen (secondary N) is 1. The van der Waals surface area contributed by atoms with E-state index in [-0.39, 0.29) is 46.9 Å². The number of carbonyl (C=O) groups is 4. The number of halogens is 2. The Morgan fingerprint density at radius 3 is 2.26 bits per heavy atom. The van der Waals surface area contributed by atoms with Gasteiger partial charge in [-0.1, -0.05) is 53.5 Å². The number of likely N-dealkylation sites (tertiary alicyclic amines) is 1. The first kappa shape index (κ1) is 23.8. The maximum absolute atomic E-state index is 13.4. The zero-order chi connectivity index (χ0) is 24.7. The topological polar surface area (TPSA) is 92.8 Å². The van der Waals surface area contributed by atoms with E-state index >= 15 is 0 Å². The van der Waals surface area contributed by atoms with Crippen LogP contribution >= 0.6 is 23.2 Å². The molecule has 1 N–H and O–H groups in total. The van der Waals surface area contributed by atoms with E-state index in [4.69, 9.17) is 27.9 Å². The summed E-state index contributed by atoms with van der Waals surface area (Å²) >= 11 is 11.9. The summed E-state index contributed by atoms with van der Waals surface area (Å²) in [6.45, 7) is -0.571. The molecule has 2 bridgehead atoms. The molecule has 3 aliphatic rings. The van der Waals surface area contributed by atoms with Gasteiger partial charge in [-0.15, -0.1) is 0 Å².